The zero-order chi connectivity index (χ0) is 14.8. The highest BCUT2D eigenvalue weighted by molar-refractivity contribution is 6.28. The van der Waals surface area contributed by atoms with E-state index in [4.69, 9.17) is 11.6 Å². The molecule has 0 amide bonds. The highest BCUT2D eigenvalue weighted by Gasteiger charge is 2.23. The van der Waals surface area contributed by atoms with E-state index < -0.39 is 0 Å². The molecule has 2 atom stereocenters. The monoisotopic (exact) mass is 307 g/mol. The van der Waals surface area contributed by atoms with Crippen molar-refractivity contribution in [1.29, 1.82) is 0 Å². The van der Waals surface area contributed by atoms with Crippen molar-refractivity contribution in [2.75, 3.05) is 18.9 Å². The molecule has 0 aromatic carbocycles. The molecule has 1 N–H and O–H groups in total. The molecule has 7 nitrogen and oxygen atoms in total. The summed E-state index contributed by atoms with van der Waals surface area (Å²) >= 11 is 5.98. The van der Waals surface area contributed by atoms with Crippen LogP contribution in [0.3, 0.4) is 0 Å². The van der Waals surface area contributed by atoms with Gasteiger partial charge in [0.15, 0.2) is 0 Å². The second-order valence-electron chi connectivity index (χ2n) is 5.37. The minimum atomic E-state index is 0.166. The molecule has 112 valence electrons. The van der Waals surface area contributed by atoms with Crippen LogP contribution in [0.2, 0.25) is 5.28 Å². The number of hydrogen-bond acceptors (Lipinski definition) is 6. The fourth-order valence-corrected chi connectivity index (χ4v) is 2.65. The van der Waals surface area contributed by atoms with E-state index in [0.717, 1.165) is 19.4 Å². The minimum Gasteiger partial charge on any atom is -0.351 e. The quantitative estimate of drug-likeness (QED) is 0.929. The lowest BCUT2D eigenvalue weighted by Gasteiger charge is -2.35. The minimum absolute atomic E-state index is 0.166. The van der Waals surface area contributed by atoms with Crippen molar-refractivity contribution in [2.24, 2.45) is 0 Å². The number of nitrogens with zero attached hydrogens (tertiary/aromatic N) is 6. The number of hydrogen-bond donors (Lipinski definition) is 1. The van der Waals surface area contributed by atoms with Crippen molar-refractivity contribution in [3.63, 3.8) is 0 Å². The number of rotatable bonds is 3. The summed E-state index contributed by atoms with van der Waals surface area (Å²) < 4.78 is 1.57. The Morgan fingerprint density at radius 2 is 2.19 bits per heavy atom. The van der Waals surface area contributed by atoms with E-state index in [1.165, 1.54) is 0 Å². The zero-order valence-electron chi connectivity index (χ0n) is 12.1. The third-order valence-corrected chi connectivity index (χ3v) is 4.02. The first-order chi connectivity index (χ1) is 10.1. The Bertz CT molecular complexity index is 601. The molecule has 1 aliphatic rings. The second-order valence-corrected chi connectivity index (χ2v) is 5.71. The van der Waals surface area contributed by atoms with Crippen LogP contribution >= 0.6 is 11.6 Å². The van der Waals surface area contributed by atoms with Gasteiger partial charge < -0.3 is 10.2 Å². The van der Waals surface area contributed by atoms with Crippen LogP contribution in [0.25, 0.3) is 5.95 Å². The molecule has 1 fully saturated rings. The van der Waals surface area contributed by atoms with Crippen LogP contribution in [0.1, 0.15) is 19.8 Å². The summed E-state index contributed by atoms with van der Waals surface area (Å²) in [6.45, 7) is 3.28. The van der Waals surface area contributed by atoms with Crippen molar-refractivity contribution < 1.29 is 0 Å². The molecule has 0 saturated carbocycles. The Balaban J connectivity index is 1.77. The first-order valence-corrected chi connectivity index (χ1v) is 7.38. The van der Waals surface area contributed by atoms with E-state index in [9.17, 15) is 0 Å². The summed E-state index contributed by atoms with van der Waals surface area (Å²) in [5.74, 6) is 0.922. The fraction of sp³-hybridized carbons (Fsp3) is 0.538. The van der Waals surface area contributed by atoms with E-state index >= 15 is 0 Å². The van der Waals surface area contributed by atoms with Crippen LogP contribution in [0, 0.1) is 0 Å². The third-order valence-electron chi connectivity index (χ3n) is 3.85. The Morgan fingerprint density at radius 1 is 1.33 bits per heavy atom. The Hall–Kier alpha value is -1.73. The highest BCUT2D eigenvalue weighted by atomic mass is 35.5. The molecule has 1 aliphatic heterocycles. The van der Waals surface area contributed by atoms with Crippen LogP contribution in [-0.2, 0) is 0 Å². The van der Waals surface area contributed by atoms with Gasteiger partial charge in [0.25, 0.3) is 5.95 Å². The molecule has 2 unspecified atom stereocenters. The maximum absolute atomic E-state index is 5.98. The van der Waals surface area contributed by atoms with Crippen molar-refractivity contribution in [3.8, 4) is 5.95 Å². The molecule has 2 aromatic rings. The number of nitrogens with one attached hydrogen (secondary N) is 1. The summed E-state index contributed by atoms with van der Waals surface area (Å²) in [6, 6.07) is 2.70. The first-order valence-electron chi connectivity index (χ1n) is 7.00. The van der Waals surface area contributed by atoms with Gasteiger partial charge in [0.05, 0.1) is 0 Å². The number of halogens is 1. The van der Waals surface area contributed by atoms with Gasteiger partial charge in [-0.1, -0.05) is 0 Å². The predicted octanol–water partition coefficient (Wildman–Crippen LogP) is 1.61. The van der Waals surface area contributed by atoms with Crippen LogP contribution in [0.4, 0.5) is 5.95 Å². The van der Waals surface area contributed by atoms with Crippen molar-refractivity contribution >= 4 is 17.5 Å². The predicted molar refractivity (Wildman–Crippen MR) is 80.7 cm³/mol. The second kappa shape index (κ2) is 5.95. The van der Waals surface area contributed by atoms with Gasteiger partial charge in [0.1, 0.15) is 0 Å². The van der Waals surface area contributed by atoms with Crippen molar-refractivity contribution in [1.82, 2.24) is 29.6 Å². The molecular formula is C13H18ClN7. The fourth-order valence-electron chi connectivity index (χ4n) is 2.50. The molecular weight excluding hydrogens is 290 g/mol. The standard InChI is InChI=1S/C13H18ClN7/c1-9-8-10(4-7-20(9)2)16-12-17-11(14)18-13(19-12)21-6-3-5-15-21/h3,5-6,9-10H,4,7-8H2,1-2H3,(H,16,17,18,19). The summed E-state index contributed by atoms with van der Waals surface area (Å²) in [5.41, 5.74) is 0. The molecule has 0 spiro atoms. The maximum Gasteiger partial charge on any atom is 0.256 e. The smallest absolute Gasteiger partial charge is 0.256 e. The van der Waals surface area contributed by atoms with Gasteiger partial charge in [0, 0.05) is 31.0 Å². The molecule has 0 radical (unpaired) electrons. The molecule has 3 heterocycles. The molecule has 2 aromatic heterocycles. The van der Waals surface area contributed by atoms with Crippen LogP contribution < -0.4 is 5.32 Å². The SMILES string of the molecule is CC1CC(Nc2nc(Cl)nc(-n3cccn3)n2)CCN1C. The van der Waals surface area contributed by atoms with Gasteiger partial charge in [0.2, 0.25) is 11.2 Å². The molecule has 1 saturated heterocycles. The van der Waals surface area contributed by atoms with Gasteiger partial charge in [-0.15, -0.1) is 0 Å². The van der Waals surface area contributed by atoms with E-state index in [2.05, 4.69) is 44.2 Å². The normalized spacial score (nSPS) is 23.2. The lowest BCUT2D eigenvalue weighted by Crippen LogP contribution is -2.42. The largest absolute Gasteiger partial charge is 0.351 e. The van der Waals surface area contributed by atoms with E-state index in [1.807, 2.05) is 6.07 Å². The molecule has 21 heavy (non-hydrogen) atoms. The Morgan fingerprint density at radius 3 is 2.90 bits per heavy atom. The average Bonchev–Trinajstić information content (AvgIpc) is 2.96. The lowest BCUT2D eigenvalue weighted by molar-refractivity contribution is 0.190. The lowest BCUT2D eigenvalue weighted by atomic mass is 9.99. The zero-order valence-corrected chi connectivity index (χ0v) is 12.8. The maximum atomic E-state index is 5.98. The molecule has 0 aliphatic carbocycles. The summed E-state index contributed by atoms with van der Waals surface area (Å²) in [7, 11) is 2.15. The topological polar surface area (TPSA) is 71.8 Å². The van der Waals surface area contributed by atoms with Gasteiger partial charge >= 0.3 is 0 Å². The van der Waals surface area contributed by atoms with E-state index in [-0.39, 0.29) is 5.28 Å². The summed E-state index contributed by atoms with van der Waals surface area (Å²) in [5, 5.41) is 7.63. The Labute approximate surface area is 128 Å². The van der Waals surface area contributed by atoms with Gasteiger partial charge in [-0.05, 0) is 44.5 Å². The molecule has 3 rings (SSSR count). The highest BCUT2D eigenvalue weighted by Crippen LogP contribution is 2.19. The van der Waals surface area contributed by atoms with Gasteiger partial charge in [-0.25, -0.2) is 4.68 Å². The third kappa shape index (κ3) is 3.30. The van der Waals surface area contributed by atoms with E-state index in [0.29, 0.717) is 24.0 Å². The number of anilines is 1. The van der Waals surface area contributed by atoms with Crippen molar-refractivity contribution in [3.05, 3.63) is 23.7 Å². The number of aromatic nitrogens is 5. The first kappa shape index (κ1) is 14.2. The Kier molecular flexibility index (Phi) is 4.03. The summed E-state index contributed by atoms with van der Waals surface area (Å²) in [6.07, 6.45) is 5.55. The molecule has 0 bridgehead atoms. The van der Waals surface area contributed by atoms with Gasteiger partial charge in [-0.2, -0.15) is 20.1 Å². The average molecular weight is 308 g/mol. The number of likely N-dealkylation sites (tertiary alicyclic amines) is 1. The number of piperidine rings is 1. The van der Waals surface area contributed by atoms with Crippen LogP contribution in [-0.4, -0.2) is 55.3 Å². The van der Waals surface area contributed by atoms with Crippen LogP contribution in [0.15, 0.2) is 18.5 Å². The van der Waals surface area contributed by atoms with Crippen molar-refractivity contribution in [2.45, 2.75) is 31.8 Å². The van der Waals surface area contributed by atoms with Crippen LogP contribution in [0.5, 0.6) is 0 Å². The van der Waals surface area contributed by atoms with Gasteiger partial charge in [-0.3, -0.25) is 0 Å². The van der Waals surface area contributed by atoms with E-state index in [1.54, 1.807) is 17.1 Å². The molecule has 8 heteroatoms. The summed E-state index contributed by atoms with van der Waals surface area (Å²) in [4.78, 5) is 15.0.